The Balaban J connectivity index is 0.00000324. The van der Waals surface area contributed by atoms with E-state index in [9.17, 15) is 14.0 Å². The van der Waals surface area contributed by atoms with Crippen LogP contribution >= 0.6 is 24.0 Å². The minimum absolute atomic E-state index is 0. The Kier molecular flexibility index (Phi) is 8.12. The molecule has 0 atom stereocenters. The van der Waals surface area contributed by atoms with E-state index in [4.69, 9.17) is 22.1 Å². The molecule has 0 aliphatic carbocycles. The third-order valence-electron chi connectivity index (χ3n) is 6.44. The number of benzene rings is 2. The first-order valence-electron chi connectivity index (χ1n) is 10.8. The maximum atomic E-state index is 13.3. The van der Waals surface area contributed by atoms with Crippen molar-refractivity contribution in [1.29, 1.82) is 0 Å². The highest BCUT2D eigenvalue weighted by molar-refractivity contribution is 6.33. The lowest BCUT2D eigenvalue weighted by Crippen LogP contribution is -2.57. The zero-order valence-electron chi connectivity index (χ0n) is 18.8. The number of rotatable bonds is 6. The first-order valence-corrected chi connectivity index (χ1v) is 11.2. The summed E-state index contributed by atoms with van der Waals surface area (Å²) in [5.41, 5.74) is 6.64. The number of nitrogens with zero attached hydrogens (tertiary/aromatic N) is 2. The van der Waals surface area contributed by atoms with Crippen LogP contribution in [0.5, 0.6) is 5.75 Å². The van der Waals surface area contributed by atoms with Gasteiger partial charge >= 0.3 is 0 Å². The van der Waals surface area contributed by atoms with E-state index >= 15 is 0 Å². The fourth-order valence-electron chi connectivity index (χ4n) is 4.53. The van der Waals surface area contributed by atoms with Gasteiger partial charge in [0.15, 0.2) is 0 Å². The fraction of sp³-hybridized carbons (Fsp3) is 0.391. The molecule has 2 heterocycles. The van der Waals surface area contributed by atoms with Crippen molar-refractivity contribution in [3.05, 3.63) is 52.8 Å². The minimum Gasteiger partial charge on any atom is -0.496 e. The molecule has 2 aliphatic heterocycles. The van der Waals surface area contributed by atoms with E-state index < -0.39 is 5.54 Å². The lowest BCUT2D eigenvalue weighted by atomic mass is 9.85. The summed E-state index contributed by atoms with van der Waals surface area (Å²) in [7, 11) is 1.47. The summed E-state index contributed by atoms with van der Waals surface area (Å²) >= 11 is 6.05. The highest BCUT2D eigenvalue weighted by Gasteiger charge is 2.50. The smallest absolute Gasteiger partial charge is 0.255 e. The first kappa shape index (κ1) is 25.9. The molecular weight excluding hydrogens is 484 g/mol. The van der Waals surface area contributed by atoms with Crippen LogP contribution in [0.15, 0.2) is 36.4 Å². The third kappa shape index (κ3) is 5.01. The molecule has 2 fully saturated rings. The molecule has 34 heavy (non-hydrogen) atoms. The zero-order chi connectivity index (χ0) is 23.6. The average Bonchev–Trinajstić information content (AvgIpc) is 3.12. The van der Waals surface area contributed by atoms with Gasteiger partial charge in [-0.25, -0.2) is 4.39 Å². The largest absolute Gasteiger partial charge is 0.496 e. The van der Waals surface area contributed by atoms with E-state index in [1.807, 2.05) is 4.90 Å². The summed E-state index contributed by atoms with van der Waals surface area (Å²) in [6, 6.07) is 9.26. The third-order valence-corrected chi connectivity index (χ3v) is 6.76. The van der Waals surface area contributed by atoms with Crippen LogP contribution in [0, 0.1) is 5.82 Å². The molecule has 0 radical (unpaired) electrons. The van der Waals surface area contributed by atoms with Gasteiger partial charge in [0.1, 0.15) is 17.1 Å². The first-order chi connectivity index (χ1) is 15.8. The van der Waals surface area contributed by atoms with Gasteiger partial charge in [-0.3, -0.25) is 9.59 Å². The highest BCUT2D eigenvalue weighted by Crippen LogP contribution is 2.36. The van der Waals surface area contributed by atoms with Crippen LogP contribution in [-0.2, 0) is 4.79 Å². The summed E-state index contributed by atoms with van der Waals surface area (Å²) in [5, 5.41) is 6.13. The molecule has 4 rings (SSSR count). The van der Waals surface area contributed by atoms with Gasteiger partial charge in [0, 0.05) is 37.9 Å². The number of halogens is 3. The summed E-state index contributed by atoms with van der Waals surface area (Å²) in [6.07, 6.45) is 1.29. The number of amides is 2. The molecule has 4 N–H and O–H groups in total. The van der Waals surface area contributed by atoms with Crippen molar-refractivity contribution in [3.63, 3.8) is 0 Å². The van der Waals surface area contributed by atoms with E-state index in [2.05, 4.69) is 15.5 Å². The second-order valence-corrected chi connectivity index (χ2v) is 8.68. The molecule has 0 saturated carbocycles. The maximum Gasteiger partial charge on any atom is 0.255 e. The van der Waals surface area contributed by atoms with Crippen LogP contribution in [0.4, 0.5) is 15.8 Å². The lowest BCUT2D eigenvalue weighted by molar-refractivity contribution is -0.125. The second-order valence-electron chi connectivity index (χ2n) is 8.27. The predicted molar refractivity (Wildman–Crippen MR) is 132 cm³/mol. The van der Waals surface area contributed by atoms with E-state index in [0.717, 1.165) is 5.69 Å². The van der Waals surface area contributed by atoms with E-state index in [-0.39, 0.29) is 30.0 Å². The number of methoxy groups -OCH3 is 1. The SMILES string of the molecule is COc1cc(N)c(Cl)cc1C(=O)NCCN1CCC2(CC1)C(=O)NCN2c1ccc(F)cc1.Cl. The number of nitrogen functional groups attached to an aromatic ring is 1. The van der Waals surface area contributed by atoms with Crippen LogP contribution < -0.4 is 26.0 Å². The fourth-order valence-corrected chi connectivity index (χ4v) is 4.69. The molecular formula is C23H28Cl2FN5O3. The Labute approximate surface area is 209 Å². The van der Waals surface area contributed by atoms with Gasteiger partial charge in [0.25, 0.3) is 5.91 Å². The van der Waals surface area contributed by atoms with Crippen molar-refractivity contribution in [1.82, 2.24) is 15.5 Å². The van der Waals surface area contributed by atoms with Crippen LogP contribution in [0.3, 0.4) is 0 Å². The summed E-state index contributed by atoms with van der Waals surface area (Å²) in [5.74, 6) is -0.226. The number of hydrogen-bond donors (Lipinski definition) is 3. The van der Waals surface area contributed by atoms with Crippen LogP contribution in [0.25, 0.3) is 0 Å². The maximum absolute atomic E-state index is 13.3. The van der Waals surface area contributed by atoms with Gasteiger partial charge < -0.3 is 30.9 Å². The number of likely N-dealkylation sites (tertiary alicyclic amines) is 1. The Hall–Kier alpha value is -2.75. The highest BCUT2D eigenvalue weighted by atomic mass is 35.5. The monoisotopic (exact) mass is 511 g/mol. The Bertz CT molecular complexity index is 1050. The molecule has 2 aromatic rings. The molecule has 0 bridgehead atoms. The summed E-state index contributed by atoms with van der Waals surface area (Å²) in [4.78, 5) is 29.6. The van der Waals surface area contributed by atoms with Crippen molar-refractivity contribution in [2.45, 2.75) is 18.4 Å². The van der Waals surface area contributed by atoms with Crippen molar-refractivity contribution in [2.75, 3.05) is 50.6 Å². The molecule has 2 saturated heterocycles. The Morgan fingerprint density at radius 2 is 1.94 bits per heavy atom. The van der Waals surface area contributed by atoms with Crippen LogP contribution in [-0.4, -0.2) is 62.2 Å². The number of hydrogen-bond acceptors (Lipinski definition) is 6. The standard InChI is InChI=1S/C23H27ClFN5O3.ClH/c1-33-20-13-19(26)18(24)12-17(20)21(31)27-8-11-29-9-6-23(7-10-29)22(32)28-14-30(23)16-4-2-15(25)3-5-16;/h2-5,12-13H,6-11,14,26H2,1H3,(H,27,31)(H,28,32);1H. The Morgan fingerprint density at radius 1 is 1.26 bits per heavy atom. The number of carbonyl (C=O) groups excluding carboxylic acids is 2. The molecule has 8 nitrogen and oxygen atoms in total. The minimum atomic E-state index is -0.633. The lowest BCUT2D eigenvalue weighted by Gasteiger charge is -2.43. The van der Waals surface area contributed by atoms with Gasteiger partial charge in [0.2, 0.25) is 5.91 Å². The molecule has 0 aromatic heterocycles. The number of piperidine rings is 1. The molecule has 184 valence electrons. The summed E-state index contributed by atoms with van der Waals surface area (Å²) in [6.45, 7) is 2.90. The molecule has 0 unspecified atom stereocenters. The van der Waals surface area contributed by atoms with Crippen molar-refractivity contribution in [3.8, 4) is 5.75 Å². The number of nitrogens with one attached hydrogen (secondary N) is 2. The number of anilines is 2. The normalized spacial score (nSPS) is 17.3. The molecule has 11 heteroatoms. The van der Waals surface area contributed by atoms with Crippen molar-refractivity contribution in [2.24, 2.45) is 0 Å². The number of ether oxygens (including phenoxy) is 1. The molecule has 2 aromatic carbocycles. The second kappa shape index (κ2) is 10.7. The molecule has 1 spiro atoms. The average molecular weight is 512 g/mol. The Morgan fingerprint density at radius 3 is 2.59 bits per heavy atom. The van der Waals surface area contributed by atoms with E-state index in [0.29, 0.717) is 67.7 Å². The van der Waals surface area contributed by atoms with E-state index in [1.165, 1.54) is 31.4 Å². The van der Waals surface area contributed by atoms with Gasteiger partial charge in [-0.15, -0.1) is 12.4 Å². The van der Waals surface area contributed by atoms with Crippen LogP contribution in [0.2, 0.25) is 5.02 Å². The van der Waals surface area contributed by atoms with Gasteiger partial charge in [-0.2, -0.15) is 0 Å². The van der Waals surface area contributed by atoms with E-state index in [1.54, 1.807) is 12.1 Å². The molecule has 2 amide bonds. The van der Waals surface area contributed by atoms with Crippen LogP contribution in [0.1, 0.15) is 23.2 Å². The predicted octanol–water partition coefficient (Wildman–Crippen LogP) is 2.65. The number of carbonyl (C=O) groups is 2. The number of nitrogens with two attached hydrogens (primary N) is 1. The van der Waals surface area contributed by atoms with Gasteiger partial charge in [0.05, 0.1) is 30.1 Å². The topological polar surface area (TPSA) is 99.9 Å². The summed E-state index contributed by atoms with van der Waals surface area (Å²) < 4.78 is 18.6. The quantitative estimate of drug-likeness (QED) is 0.515. The zero-order valence-corrected chi connectivity index (χ0v) is 20.3. The van der Waals surface area contributed by atoms with Crippen molar-refractivity contribution < 1.29 is 18.7 Å². The van der Waals surface area contributed by atoms with Crippen molar-refractivity contribution >= 4 is 47.2 Å². The molecule has 2 aliphatic rings. The van der Waals surface area contributed by atoms with Gasteiger partial charge in [-0.1, -0.05) is 11.6 Å². The van der Waals surface area contributed by atoms with Gasteiger partial charge in [-0.05, 0) is 43.2 Å².